The molecule has 2 fully saturated rings. The Morgan fingerprint density at radius 1 is 1.10 bits per heavy atom. The molecule has 2 atom stereocenters. The van der Waals surface area contributed by atoms with E-state index in [2.05, 4.69) is 32.8 Å². The van der Waals surface area contributed by atoms with E-state index in [1.807, 2.05) is 0 Å². The monoisotopic (exact) mass is 354 g/mol. The lowest BCUT2D eigenvalue weighted by molar-refractivity contribution is 0.334. The van der Waals surface area contributed by atoms with Crippen LogP contribution in [0.1, 0.15) is 81.6 Å². The van der Waals surface area contributed by atoms with E-state index in [9.17, 15) is 0 Å². The first-order valence-electron chi connectivity index (χ1n) is 7.94. The number of aromatic nitrogens is 2. The largest absolute Gasteiger partial charge is 0.346 e. The third-order valence-corrected chi connectivity index (χ3v) is 6.36. The molecule has 0 aromatic carbocycles. The van der Waals surface area contributed by atoms with Gasteiger partial charge in [-0.3, -0.25) is 0 Å². The summed E-state index contributed by atoms with van der Waals surface area (Å²) < 4.78 is 1.78. The van der Waals surface area contributed by atoms with Gasteiger partial charge in [0.1, 0.15) is 10.5 Å². The summed E-state index contributed by atoms with van der Waals surface area (Å²) in [5, 5.41) is 0. The molecule has 0 spiro atoms. The number of nitrogens with one attached hydrogen (secondary N) is 1. The third-order valence-electron chi connectivity index (χ3n) is 5.00. The summed E-state index contributed by atoms with van der Waals surface area (Å²) in [5.74, 6) is 3.19. The summed E-state index contributed by atoms with van der Waals surface area (Å²) in [5.41, 5.74) is 1.32. The van der Waals surface area contributed by atoms with Crippen LogP contribution in [0.15, 0.2) is 4.47 Å². The molecule has 0 radical (unpaired) electrons. The summed E-state index contributed by atoms with van der Waals surface area (Å²) in [6.45, 7) is 2.36. The summed E-state index contributed by atoms with van der Waals surface area (Å²) >= 11 is 9.15. The van der Waals surface area contributed by atoms with Crippen LogP contribution in [0.4, 0.5) is 0 Å². The molecule has 2 saturated carbocycles. The average molecular weight is 355 g/mol. The van der Waals surface area contributed by atoms with E-state index in [1.54, 1.807) is 0 Å². The standard InChI is InChI=1S/C16H23BrN2S/c1-10-5-4-8-12(9-10)15-18-14(11-6-2-3-7-11)13(17)16(20)19-15/h10-12H,2-9H2,1H3,(H,18,19,20). The summed E-state index contributed by atoms with van der Waals surface area (Å²) in [7, 11) is 0. The predicted molar refractivity (Wildman–Crippen MR) is 88.7 cm³/mol. The highest BCUT2D eigenvalue weighted by atomic mass is 79.9. The zero-order chi connectivity index (χ0) is 14.1. The van der Waals surface area contributed by atoms with E-state index < -0.39 is 0 Å². The normalized spacial score (nSPS) is 27.9. The Labute approximate surface area is 134 Å². The van der Waals surface area contributed by atoms with Gasteiger partial charge in [-0.1, -0.05) is 44.8 Å². The maximum atomic E-state index is 5.48. The number of aromatic amines is 1. The lowest BCUT2D eigenvalue weighted by atomic mass is 9.82. The maximum absolute atomic E-state index is 5.48. The first-order valence-corrected chi connectivity index (χ1v) is 9.15. The minimum absolute atomic E-state index is 0.578. The molecule has 1 aromatic heterocycles. The van der Waals surface area contributed by atoms with Crippen molar-refractivity contribution in [3.8, 4) is 0 Å². The van der Waals surface area contributed by atoms with E-state index in [1.165, 1.54) is 57.1 Å². The number of hydrogen-bond acceptors (Lipinski definition) is 2. The molecule has 0 bridgehead atoms. The van der Waals surface area contributed by atoms with Gasteiger partial charge in [-0.25, -0.2) is 4.98 Å². The van der Waals surface area contributed by atoms with Crippen molar-refractivity contribution < 1.29 is 0 Å². The van der Waals surface area contributed by atoms with E-state index in [-0.39, 0.29) is 0 Å². The Morgan fingerprint density at radius 2 is 1.80 bits per heavy atom. The highest BCUT2D eigenvalue weighted by Gasteiger charge is 2.26. The molecule has 0 aliphatic heterocycles. The van der Waals surface area contributed by atoms with Gasteiger partial charge < -0.3 is 4.98 Å². The highest BCUT2D eigenvalue weighted by molar-refractivity contribution is 9.10. The van der Waals surface area contributed by atoms with E-state index >= 15 is 0 Å². The number of hydrogen-bond donors (Lipinski definition) is 1. The van der Waals surface area contributed by atoms with Crippen molar-refractivity contribution in [1.29, 1.82) is 0 Å². The van der Waals surface area contributed by atoms with Gasteiger partial charge in [0, 0.05) is 17.5 Å². The van der Waals surface area contributed by atoms with Gasteiger partial charge in [-0.15, -0.1) is 0 Å². The Hall–Kier alpha value is -0.220. The van der Waals surface area contributed by atoms with Crippen LogP contribution >= 0.6 is 28.1 Å². The van der Waals surface area contributed by atoms with E-state index in [4.69, 9.17) is 12.2 Å². The van der Waals surface area contributed by atoms with Crippen molar-refractivity contribution in [3.05, 3.63) is 20.6 Å². The number of H-pyrrole nitrogens is 1. The second-order valence-electron chi connectivity index (χ2n) is 6.60. The third kappa shape index (κ3) is 3.01. The van der Waals surface area contributed by atoms with Crippen molar-refractivity contribution in [2.24, 2.45) is 5.92 Å². The molecule has 0 amide bonds. The topological polar surface area (TPSA) is 28.7 Å². The molecule has 20 heavy (non-hydrogen) atoms. The molecule has 1 N–H and O–H groups in total. The minimum atomic E-state index is 0.578. The fraction of sp³-hybridized carbons (Fsp3) is 0.750. The first-order chi connectivity index (χ1) is 9.65. The maximum Gasteiger partial charge on any atom is 0.144 e. The molecule has 2 unspecified atom stereocenters. The van der Waals surface area contributed by atoms with Crippen LogP contribution < -0.4 is 0 Å². The minimum Gasteiger partial charge on any atom is -0.346 e. The molecule has 1 heterocycles. The number of rotatable bonds is 2. The van der Waals surface area contributed by atoms with Crippen LogP contribution in [0.2, 0.25) is 0 Å². The first kappa shape index (κ1) is 14.7. The Balaban J connectivity index is 1.93. The molecular formula is C16H23BrN2S. The second kappa shape index (κ2) is 6.27. The predicted octanol–water partition coefficient (Wildman–Crippen LogP) is 5.85. The van der Waals surface area contributed by atoms with Crippen LogP contribution in [0, 0.1) is 10.6 Å². The van der Waals surface area contributed by atoms with Gasteiger partial charge in [0.05, 0.1) is 4.47 Å². The number of halogens is 1. The molecule has 2 aliphatic carbocycles. The van der Waals surface area contributed by atoms with E-state index in [0.717, 1.165) is 20.9 Å². The fourth-order valence-electron chi connectivity index (χ4n) is 3.87. The van der Waals surface area contributed by atoms with Crippen LogP contribution in [-0.4, -0.2) is 9.97 Å². The molecule has 2 nitrogen and oxygen atoms in total. The zero-order valence-corrected chi connectivity index (χ0v) is 14.5. The molecular weight excluding hydrogens is 332 g/mol. The van der Waals surface area contributed by atoms with Gasteiger partial charge in [0.25, 0.3) is 0 Å². The molecule has 2 aliphatic rings. The lowest BCUT2D eigenvalue weighted by Crippen LogP contribution is -2.16. The summed E-state index contributed by atoms with van der Waals surface area (Å²) in [6.07, 6.45) is 10.5. The lowest BCUT2D eigenvalue weighted by Gasteiger charge is -2.27. The SMILES string of the molecule is CC1CCCC(c2nc(=S)c(Br)c(C3CCCC3)[nH]2)C1. The highest BCUT2D eigenvalue weighted by Crippen LogP contribution is 2.39. The van der Waals surface area contributed by atoms with E-state index in [0.29, 0.717) is 11.8 Å². The second-order valence-corrected chi connectivity index (χ2v) is 7.78. The van der Waals surface area contributed by atoms with Crippen molar-refractivity contribution in [3.63, 3.8) is 0 Å². The van der Waals surface area contributed by atoms with Crippen LogP contribution in [-0.2, 0) is 0 Å². The molecule has 0 saturated heterocycles. The Kier molecular flexibility index (Phi) is 4.61. The van der Waals surface area contributed by atoms with Gasteiger partial charge >= 0.3 is 0 Å². The molecule has 110 valence electrons. The van der Waals surface area contributed by atoms with Crippen molar-refractivity contribution in [2.45, 2.75) is 70.1 Å². The van der Waals surface area contributed by atoms with Crippen LogP contribution in [0.25, 0.3) is 0 Å². The zero-order valence-electron chi connectivity index (χ0n) is 12.1. The average Bonchev–Trinajstić information content (AvgIpc) is 2.95. The Morgan fingerprint density at radius 3 is 2.50 bits per heavy atom. The molecule has 4 heteroatoms. The molecule has 1 aromatic rings. The van der Waals surface area contributed by atoms with Crippen molar-refractivity contribution in [2.75, 3.05) is 0 Å². The van der Waals surface area contributed by atoms with Crippen LogP contribution in [0.5, 0.6) is 0 Å². The quantitative estimate of drug-likeness (QED) is 0.674. The van der Waals surface area contributed by atoms with Crippen LogP contribution in [0.3, 0.4) is 0 Å². The molecule has 3 rings (SSSR count). The summed E-state index contributed by atoms with van der Waals surface area (Å²) in [6, 6.07) is 0. The fourth-order valence-corrected chi connectivity index (χ4v) is 4.59. The van der Waals surface area contributed by atoms with Gasteiger partial charge in [-0.2, -0.15) is 0 Å². The van der Waals surface area contributed by atoms with Gasteiger partial charge in [-0.05, 0) is 47.5 Å². The van der Waals surface area contributed by atoms with Crippen molar-refractivity contribution >= 4 is 28.1 Å². The van der Waals surface area contributed by atoms with Gasteiger partial charge in [0.2, 0.25) is 0 Å². The van der Waals surface area contributed by atoms with Gasteiger partial charge in [0.15, 0.2) is 0 Å². The van der Waals surface area contributed by atoms with Crippen molar-refractivity contribution in [1.82, 2.24) is 9.97 Å². The summed E-state index contributed by atoms with van der Waals surface area (Å²) in [4.78, 5) is 8.34. The Bertz CT molecular complexity index is 534. The number of nitrogens with zero attached hydrogens (tertiary/aromatic N) is 1. The smallest absolute Gasteiger partial charge is 0.144 e.